The van der Waals surface area contributed by atoms with Gasteiger partial charge < -0.3 is 5.73 Å². The van der Waals surface area contributed by atoms with Gasteiger partial charge in [-0.15, -0.1) is 0 Å². The van der Waals surface area contributed by atoms with E-state index in [1.807, 2.05) is 12.1 Å². The van der Waals surface area contributed by atoms with Crippen molar-refractivity contribution in [1.29, 1.82) is 0 Å². The van der Waals surface area contributed by atoms with Crippen molar-refractivity contribution in [3.63, 3.8) is 0 Å². The number of halogens is 2. The maximum absolute atomic E-state index is 13.5. The summed E-state index contributed by atoms with van der Waals surface area (Å²) in [5.74, 6) is -0.179. The van der Waals surface area contributed by atoms with E-state index < -0.39 is 5.82 Å². The molecule has 3 aromatic rings. The maximum Gasteiger partial charge on any atom is 0.205 e. The minimum absolute atomic E-state index is 0.0613. The van der Waals surface area contributed by atoms with Gasteiger partial charge in [0.15, 0.2) is 0 Å². The molecule has 2 N–H and O–H groups in total. The van der Waals surface area contributed by atoms with Crippen LogP contribution in [0.2, 0.25) is 5.02 Å². The number of hydrogen-bond acceptors (Lipinski definition) is 2. The smallest absolute Gasteiger partial charge is 0.205 e. The highest BCUT2D eigenvalue weighted by Gasteiger charge is 2.13. The topological polar surface area (TPSA) is 43.8 Å². The van der Waals surface area contributed by atoms with Crippen molar-refractivity contribution >= 4 is 28.6 Å². The Hall–Kier alpha value is -2.07. The quantitative estimate of drug-likeness (QED) is 0.781. The highest BCUT2D eigenvalue weighted by atomic mass is 35.5. The van der Waals surface area contributed by atoms with Crippen LogP contribution in [-0.4, -0.2) is 9.55 Å². The van der Waals surface area contributed by atoms with Crippen LogP contribution in [0.15, 0.2) is 36.4 Å². The van der Waals surface area contributed by atoms with Crippen molar-refractivity contribution in [2.75, 3.05) is 5.73 Å². The Morgan fingerprint density at radius 1 is 1.24 bits per heavy atom. The van der Waals surface area contributed by atoms with Gasteiger partial charge in [-0.25, -0.2) is 9.37 Å². The van der Waals surface area contributed by atoms with E-state index >= 15 is 0 Å². The summed E-state index contributed by atoms with van der Waals surface area (Å²) in [6.07, 6.45) is 2.14. The minimum Gasteiger partial charge on any atom is -0.369 e. The van der Waals surface area contributed by atoms with Gasteiger partial charge in [0.1, 0.15) is 5.82 Å². The summed E-state index contributed by atoms with van der Waals surface area (Å²) in [5, 5.41) is 0.0613. The van der Waals surface area contributed by atoms with E-state index in [4.69, 9.17) is 17.3 Å². The highest BCUT2D eigenvalue weighted by Crippen LogP contribution is 2.27. The molecule has 0 aliphatic rings. The molecular weight excluding hydrogens is 289 g/mol. The first kappa shape index (κ1) is 13.9. The minimum atomic E-state index is -0.493. The summed E-state index contributed by atoms with van der Waals surface area (Å²) in [4.78, 5) is 4.19. The number of fused-ring (bicyclic) bond motifs is 1. The SMILES string of the molecule is CCCc1ccc(-n2c(N)nc3cc(F)c(Cl)cc32)cc1. The third-order valence-electron chi connectivity index (χ3n) is 3.46. The maximum atomic E-state index is 13.5. The molecule has 0 bridgehead atoms. The number of aromatic nitrogens is 2. The molecule has 21 heavy (non-hydrogen) atoms. The molecule has 0 aliphatic carbocycles. The zero-order valence-electron chi connectivity index (χ0n) is 11.6. The molecule has 0 saturated carbocycles. The molecule has 0 amide bonds. The molecule has 108 valence electrons. The van der Waals surface area contributed by atoms with E-state index in [9.17, 15) is 4.39 Å². The Labute approximate surface area is 127 Å². The van der Waals surface area contributed by atoms with Crippen molar-refractivity contribution in [2.24, 2.45) is 0 Å². The van der Waals surface area contributed by atoms with E-state index in [0.29, 0.717) is 17.0 Å². The summed E-state index contributed by atoms with van der Waals surface area (Å²) in [5.41, 5.74) is 9.32. The molecule has 0 unspecified atom stereocenters. The molecule has 0 spiro atoms. The van der Waals surface area contributed by atoms with Gasteiger partial charge in [0.05, 0.1) is 16.1 Å². The van der Waals surface area contributed by atoms with Crippen LogP contribution in [-0.2, 0) is 6.42 Å². The summed E-state index contributed by atoms with van der Waals surface area (Å²) in [6.45, 7) is 2.14. The fraction of sp³-hybridized carbons (Fsp3) is 0.188. The average Bonchev–Trinajstić information content (AvgIpc) is 2.76. The number of nitrogen functional groups attached to an aromatic ring is 1. The number of anilines is 1. The number of rotatable bonds is 3. The number of benzene rings is 2. The van der Waals surface area contributed by atoms with E-state index in [-0.39, 0.29) is 5.02 Å². The van der Waals surface area contributed by atoms with Crippen LogP contribution in [0.25, 0.3) is 16.7 Å². The lowest BCUT2D eigenvalue weighted by Gasteiger charge is -2.08. The van der Waals surface area contributed by atoms with Gasteiger partial charge in [0.25, 0.3) is 0 Å². The fourth-order valence-electron chi connectivity index (χ4n) is 2.46. The summed E-state index contributed by atoms with van der Waals surface area (Å²) in [7, 11) is 0. The predicted octanol–water partition coefficient (Wildman–Crippen LogP) is 4.35. The van der Waals surface area contributed by atoms with Crippen molar-refractivity contribution in [1.82, 2.24) is 9.55 Å². The van der Waals surface area contributed by atoms with Gasteiger partial charge in [-0.1, -0.05) is 37.1 Å². The number of imidazole rings is 1. The Bertz CT molecular complexity index is 793. The van der Waals surface area contributed by atoms with E-state index in [1.165, 1.54) is 11.6 Å². The molecule has 1 aromatic heterocycles. The Morgan fingerprint density at radius 3 is 2.62 bits per heavy atom. The third kappa shape index (κ3) is 2.47. The first-order valence-corrected chi connectivity index (χ1v) is 7.20. The van der Waals surface area contributed by atoms with Crippen LogP contribution < -0.4 is 5.73 Å². The zero-order valence-corrected chi connectivity index (χ0v) is 12.4. The van der Waals surface area contributed by atoms with Gasteiger partial charge in [-0.2, -0.15) is 0 Å². The van der Waals surface area contributed by atoms with Crippen LogP contribution in [0.3, 0.4) is 0 Å². The molecular formula is C16H15ClFN3. The fourth-order valence-corrected chi connectivity index (χ4v) is 2.62. The van der Waals surface area contributed by atoms with Crippen molar-refractivity contribution in [3.8, 4) is 5.69 Å². The Morgan fingerprint density at radius 2 is 1.95 bits per heavy atom. The lowest BCUT2D eigenvalue weighted by Crippen LogP contribution is -2.00. The molecule has 0 atom stereocenters. The molecule has 0 fully saturated rings. The normalized spacial score (nSPS) is 11.2. The molecule has 0 aliphatic heterocycles. The molecule has 3 rings (SSSR count). The second kappa shape index (κ2) is 5.37. The van der Waals surface area contributed by atoms with E-state index in [1.54, 1.807) is 10.6 Å². The first-order valence-electron chi connectivity index (χ1n) is 6.82. The van der Waals surface area contributed by atoms with E-state index in [0.717, 1.165) is 18.5 Å². The number of nitrogens with two attached hydrogens (primary N) is 1. The van der Waals surface area contributed by atoms with Gasteiger partial charge >= 0.3 is 0 Å². The van der Waals surface area contributed by atoms with Crippen LogP contribution in [0.1, 0.15) is 18.9 Å². The molecule has 0 radical (unpaired) electrons. The molecule has 1 heterocycles. The van der Waals surface area contributed by atoms with Crippen LogP contribution in [0.4, 0.5) is 10.3 Å². The summed E-state index contributed by atoms with van der Waals surface area (Å²) < 4.78 is 15.3. The monoisotopic (exact) mass is 303 g/mol. The van der Waals surface area contributed by atoms with Gasteiger partial charge in [-0.05, 0) is 30.2 Å². The largest absolute Gasteiger partial charge is 0.369 e. The van der Waals surface area contributed by atoms with E-state index in [2.05, 4.69) is 24.0 Å². The summed E-state index contributed by atoms with van der Waals surface area (Å²) in [6, 6.07) is 11.0. The van der Waals surface area contributed by atoms with Crippen molar-refractivity contribution in [3.05, 3.63) is 52.8 Å². The molecule has 0 saturated heterocycles. The number of nitrogens with zero attached hydrogens (tertiary/aromatic N) is 2. The Kier molecular flexibility index (Phi) is 3.55. The van der Waals surface area contributed by atoms with Crippen LogP contribution >= 0.6 is 11.6 Å². The van der Waals surface area contributed by atoms with Gasteiger partial charge in [-0.3, -0.25) is 4.57 Å². The molecule has 3 nitrogen and oxygen atoms in total. The molecule has 5 heteroatoms. The summed E-state index contributed by atoms with van der Waals surface area (Å²) >= 11 is 5.87. The lowest BCUT2D eigenvalue weighted by molar-refractivity contribution is 0.630. The predicted molar refractivity (Wildman–Crippen MR) is 84.4 cm³/mol. The zero-order chi connectivity index (χ0) is 15.0. The molecule has 2 aromatic carbocycles. The standard InChI is InChI=1S/C16H15ClFN3/c1-2-3-10-4-6-11(7-5-10)21-15-8-12(17)13(18)9-14(15)20-16(21)19/h4-9H,2-3H2,1H3,(H2,19,20). The average molecular weight is 304 g/mol. The van der Waals surface area contributed by atoms with Crippen molar-refractivity contribution in [2.45, 2.75) is 19.8 Å². The Balaban J connectivity index is 2.15. The lowest BCUT2D eigenvalue weighted by atomic mass is 10.1. The third-order valence-corrected chi connectivity index (χ3v) is 3.75. The first-order chi connectivity index (χ1) is 10.1. The van der Waals surface area contributed by atoms with Gasteiger partial charge in [0, 0.05) is 11.8 Å². The second-order valence-corrected chi connectivity index (χ2v) is 5.38. The van der Waals surface area contributed by atoms with Crippen molar-refractivity contribution < 1.29 is 4.39 Å². The number of hydrogen-bond donors (Lipinski definition) is 1. The highest BCUT2D eigenvalue weighted by molar-refractivity contribution is 6.31. The van der Waals surface area contributed by atoms with Crippen LogP contribution in [0.5, 0.6) is 0 Å². The second-order valence-electron chi connectivity index (χ2n) is 4.98. The number of aryl methyl sites for hydroxylation is 1. The van der Waals surface area contributed by atoms with Gasteiger partial charge in [0.2, 0.25) is 5.95 Å². The van der Waals surface area contributed by atoms with Crippen LogP contribution in [0, 0.1) is 5.82 Å².